The smallest absolute Gasteiger partial charge is 0.245 e. The SMILES string of the molecule is C=CC(=O)N1CCC(C=Nc2ncnc3[nH]c(C#CCOc4ccccc4OC)cc23)C1. The minimum absolute atomic E-state index is 0.0473. The normalized spacial score (nSPS) is 15.5. The van der Waals surface area contributed by atoms with Crippen LogP contribution in [0.25, 0.3) is 11.0 Å². The largest absolute Gasteiger partial charge is 0.493 e. The molecule has 8 nitrogen and oxygen atoms in total. The third-order valence-corrected chi connectivity index (χ3v) is 5.12. The van der Waals surface area contributed by atoms with Crippen molar-refractivity contribution in [3.63, 3.8) is 0 Å². The molecule has 4 rings (SSSR count). The van der Waals surface area contributed by atoms with Gasteiger partial charge in [-0.25, -0.2) is 15.0 Å². The summed E-state index contributed by atoms with van der Waals surface area (Å²) < 4.78 is 10.9. The predicted molar refractivity (Wildman–Crippen MR) is 122 cm³/mol. The van der Waals surface area contributed by atoms with E-state index in [1.807, 2.05) is 36.5 Å². The van der Waals surface area contributed by atoms with Crippen LogP contribution < -0.4 is 9.47 Å². The Morgan fingerprint density at radius 2 is 2.22 bits per heavy atom. The van der Waals surface area contributed by atoms with Crippen LogP contribution in [0.5, 0.6) is 11.5 Å². The minimum Gasteiger partial charge on any atom is -0.493 e. The fraction of sp³-hybridized carbons (Fsp3) is 0.250. The summed E-state index contributed by atoms with van der Waals surface area (Å²) in [7, 11) is 1.60. The van der Waals surface area contributed by atoms with E-state index in [-0.39, 0.29) is 18.4 Å². The highest BCUT2D eigenvalue weighted by Gasteiger charge is 2.23. The van der Waals surface area contributed by atoms with Crippen LogP contribution in [0.15, 0.2) is 54.3 Å². The van der Waals surface area contributed by atoms with Gasteiger partial charge in [-0.3, -0.25) is 4.79 Å². The second-order valence-electron chi connectivity index (χ2n) is 7.20. The number of amides is 1. The molecule has 1 unspecified atom stereocenters. The molecule has 162 valence electrons. The number of ether oxygens (including phenoxy) is 2. The van der Waals surface area contributed by atoms with E-state index in [0.29, 0.717) is 41.7 Å². The number of carbonyl (C=O) groups excluding carboxylic acids is 1. The van der Waals surface area contributed by atoms with E-state index >= 15 is 0 Å². The number of H-pyrrole nitrogens is 1. The molecule has 32 heavy (non-hydrogen) atoms. The van der Waals surface area contributed by atoms with Gasteiger partial charge in [-0.05, 0) is 36.6 Å². The summed E-state index contributed by atoms with van der Waals surface area (Å²) in [5.41, 5.74) is 1.36. The summed E-state index contributed by atoms with van der Waals surface area (Å²) in [4.78, 5) is 29.8. The van der Waals surface area contributed by atoms with Crippen molar-refractivity contribution in [2.45, 2.75) is 6.42 Å². The van der Waals surface area contributed by atoms with Crippen LogP contribution in [0.4, 0.5) is 5.82 Å². The molecule has 1 aromatic carbocycles. The Kier molecular flexibility index (Phi) is 6.46. The molecule has 2 aromatic heterocycles. The molecule has 0 bridgehead atoms. The molecule has 1 amide bonds. The van der Waals surface area contributed by atoms with E-state index in [4.69, 9.17) is 9.47 Å². The zero-order valence-electron chi connectivity index (χ0n) is 17.7. The molecule has 0 spiro atoms. The first-order chi connectivity index (χ1) is 15.7. The summed E-state index contributed by atoms with van der Waals surface area (Å²) in [6.45, 7) is 5.10. The molecule has 1 fully saturated rings. The number of rotatable bonds is 6. The lowest BCUT2D eigenvalue weighted by molar-refractivity contribution is -0.125. The number of fused-ring (bicyclic) bond motifs is 1. The highest BCUT2D eigenvalue weighted by Crippen LogP contribution is 2.26. The summed E-state index contributed by atoms with van der Waals surface area (Å²) >= 11 is 0. The molecule has 3 aromatic rings. The lowest BCUT2D eigenvalue weighted by Crippen LogP contribution is -2.26. The lowest BCUT2D eigenvalue weighted by atomic mass is 10.1. The zero-order valence-corrected chi connectivity index (χ0v) is 17.7. The predicted octanol–water partition coefficient (Wildman–Crippen LogP) is 3.13. The number of hydrogen-bond acceptors (Lipinski definition) is 6. The van der Waals surface area contributed by atoms with Crippen LogP contribution in [-0.2, 0) is 4.79 Å². The van der Waals surface area contributed by atoms with E-state index in [2.05, 4.69) is 38.4 Å². The van der Waals surface area contributed by atoms with Gasteiger partial charge < -0.3 is 19.4 Å². The fourth-order valence-corrected chi connectivity index (χ4v) is 3.49. The third-order valence-electron chi connectivity index (χ3n) is 5.12. The van der Waals surface area contributed by atoms with Crippen LogP contribution in [0.2, 0.25) is 0 Å². The Labute approximate surface area is 186 Å². The number of benzene rings is 1. The number of aliphatic imine (C=N–C) groups is 1. The maximum absolute atomic E-state index is 11.7. The van der Waals surface area contributed by atoms with Crippen molar-refractivity contribution in [2.24, 2.45) is 10.9 Å². The van der Waals surface area contributed by atoms with Crippen LogP contribution in [0.3, 0.4) is 0 Å². The van der Waals surface area contributed by atoms with Gasteiger partial charge >= 0.3 is 0 Å². The van der Waals surface area contributed by atoms with Gasteiger partial charge in [0.05, 0.1) is 18.2 Å². The number of methoxy groups -OCH3 is 1. The number of para-hydroxylation sites is 2. The number of aromatic nitrogens is 3. The van der Waals surface area contributed by atoms with Gasteiger partial charge in [-0.1, -0.05) is 24.6 Å². The van der Waals surface area contributed by atoms with E-state index in [1.165, 1.54) is 12.4 Å². The molecule has 1 saturated heterocycles. The van der Waals surface area contributed by atoms with Crippen LogP contribution >= 0.6 is 0 Å². The Morgan fingerprint density at radius 3 is 3.03 bits per heavy atom. The average Bonchev–Trinajstić information content (AvgIpc) is 3.47. The van der Waals surface area contributed by atoms with Crippen molar-refractivity contribution in [3.8, 4) is 23.3 Å². The van der Waals surface area contributed by atoms with Gasteiger partial charge in [-0.15, -0.1) is 0 Å². The van der Waals surface area contributed by atoms with Gasteiger partial charge in [0.2, 0.25) is 5.91 Å². The van der Waals surface area contributed by atoms with Gasteiger partial charge in [0, 0.05) is 25.2 Å². The molecule has 1 N–H and O–H groups in total. The highest BCUT2D eigenvalue weighted by atomic mass is 16.5. The number of carbonyl (C=O) groups is 1. The van der Waals surface area contributed by atoms with Crippen molar-refractivity contribution in [1.82, 2.24) is 19.9 Å². The Balaban J connectivity index is 1.43. The molecule has 1 aliphatic heterocycles. The number of nitrogens with one attached hydrogen (secondary N) is 1. The van der Waals surface area contributed by atoms with E-state index in [9.17, 15) is 4.79 Å². The molecule has 0 radical (unpaired) electrons. The first-order valence-corrected chi connectivity index (χ1v) is 10.2. The van der Waals surface area contributed by atoms with Crippen molar-refractivity contribution in [3.05, 3.63) is 55.0 Å². The summed E-state index contributed by atoms with van der Waals surface area (Å²) in [5.74, 6) is 8.05. The van der Waals surface area contributed by atoms with Gasteiger partial charge in [0.1, 0.15) is 18.6 Å². The van der Waals surface area contributed by atoms with E-state index < -0.39 is 0 Å². The maximum Gasteiger partial charge on any atom is 0.245 e. The maximum atomic E-state index is 11.7. The second kappa shape index (κ2) is 9.79. The standard InChI is InChI=1S/C24H23N5O3/c1-3-22(30)29-11-10-17(15-29)14-25-23-19-13-18(28-24(19)27-16-26-23)7-6-12-32-21-9-5-4-8-20(21)31-2/h3-5,8-9,13-14,16-17H,1,10-12,15H2,2H3,(H,26,27,28). The fourth-order valence-electron chi connectivity index (χ4n) is 3.49. The van der Waals surface area contributed by atoms with Crippen LogP contribution in [-0.4, -0.2) is 58.8 Å². The van der Waals surface area contributed by atoms with Crippen LogP contribution in [0.1, 0.15) is 12.1 Å². The molecule has 0 aliphatic carbocycles. The monoisotopic (exact) mass is 429 g/mol. The Morgan fingerprint density at radius 1 is 1.38 bits per heavy atom. The first-order valence-electron chi connectivity index (χ1n) is 10.2. The van der Waals surface area contributed by atoms with E-state index in [1.54, 1.807) is 12.0 Å². The summed E-state index contributed by atoms with van der Waals surface area (Å²) in [6.07, 6.45) is 5.54. The number of aromatic amines is 1. The first kappa shape index (κ1) is 21.1. The molecule has 8 heteroatoms. The molecule has 0 saturated carbocycles. The number of likely N-dealkylation sites (tertiary alicyclic amines) is 1. The third kappa shape index (κ3) is 4.78. The van der Waals surface area contributed by atoms with Crippen molar-refractivity contribution in [2.75, 3.05) is 26.8 Å². The second-order valence-corrected chi connectivity index (χ2v) is 7.20. The highest BCUT2D eigenvalue weighted by molar-refractivity contribution is 5.89. The molecular weight excluding hydrogens is 406 g/mol. The summed E-state index contributed by atoms with van der Waals surface area (Å²) in [6, 6.07) is 9.30. The summed E-state index contributed by atoms with van der Waals surface area (Å²) in [5, 5.41) is 0.788. The Hall–Kier alpha value is -4.12. The lowest BCUT2D eigenvalue weighted by Gasteiger charge is -2.12. The molecule has 1 aliphatic rings. The number of nitrogens with zero attached hydrogens (tertiary/aromatic N) is 4. The molecule has 3 heterocycles. The minimum atomic E-state index is -0.0473. The van der Waals surface area contributed by atoms with E-state index in [0.717, 1.165) is 11.8 Å². The number of hydrogen-bond donors (Lipinski definition) is 1. The van der Waals surface area contributed by atoms with Crippen molar-refractivity contribution < 1.29 is 14.3 Å². The molecular formula is C24H23N5O3. The quantitative estimate of drug-likeness (QED) is 0.369. The van der Waals surface area contributed by atoms with Gasteiger partial charge in [0.25, 0.3) is 0 Å². The zero-order chi connectivity index (χ0) is 22.3. The van der Waals surface area contributed by atoms with Crippen molar-refractivity contribution >= 4 is 29.0 Å². The van der Waals surface area contributed by atoms with Gasteiger partial charge in [0.15, 0.2) is 17.3 Å². The molecule has 1 atom stereocenters. The van der Waals surface area contributed by atoms with Crippen LogP contribution in [0, 0.1) is 17.8 Å². The Bertz CT molecular complexity index is 1220. The average molecular weight is 429 g/mol. The van der Waals surface area contributed by atoms with Crippen molar-refractivity contribution in [1.29, 1.82) is 0 Å². The van der Waals surface area contributed by atoms with Gasteiger partial charge in [-0.2, -0.15) is 0 Å². The topological polar surface area (TPSA) is 92.7 Å².